The number of furan rings is 1. The lowest BCUT2D eigenvalue weighted by molar-refractivity contribution is -0.646. The van der Waals surface area contributed by atoms with Gasteiger partial charge in [0.05, 0.1) is 12.6 Å². The highest BCUT2D eigenvalue weighted by Crippen LogP contribution is 2.34. The van der Waals surface area contributed by atoms with Gasteiger partial charge in [0.15, 0.2) is 12.0 Å². The standard InChI is InChI=1S/C25H26N4O8S/c1-2-7-17(26-25(32)37-22-14-16-8-3-4-9-20(16)36-22)24(31)27-13-11-18-23(27)19(30)15-29(18)38(34,35)21-10-5-6-12-28(21)33/h3-6,8-10,12,14,17-18,23H,2,7,11,13,15H2,1H3,(H,26,32). The molecule has 0 aliphatic carbocycles. The lowest BCUT2D eigenvalue weighted by atomic mass is 10.1. The molecule has 2 aliphatic rings. The number of Topliss-reactive ketones (excluding diaryl/α,β-unsaturated/α-hetero) is 1. The van der Waals surface area contributed by atoms with Gasteiger partial charge >= 0.3 is 21.1 Å². The first-order chi connectivity index (χ1) is 18.2. The number of aromatic nitrogens is 1. The summed E-state index contributed by atoms with van der Waals surface area (Å²) in [5.74, 6) is -0.985. The van der Waals surface area contributed by atoms with Crippen LogP contribution >= 0.6 is 0 Å². The van der Waals surface area contributed by atoms with Crippen molar-refractivity contribution in [2.24, 2.45) is 0 Å². The molecule has 200 valence electrons. The van der Waals surface area contributed by atoms with E-state index >= 15 is 0 Å². The number of carbonyl (C=O) groups excluding carboxylic acids is 3. The molecule has 2 aromatic heterocycles. The fraction of sp³-hybridized carbons (Fsp3) is 0.360. The molecule has 0 radical (unpaired) electrons. The molecule has 3 aromatic rings. The second-order valence-corrected chi connectivity index (χ2v) is 11.0. The first-order valence-electron chi connectivity index (χ1n) is 12.2. The summed E-state index contributed by atoms with van der Waals surface area (Å²) in [6, 6.07) is 9.87. The van der Waals surface area contributed by atoms with Crippen LogP contribution in [0.3, 0.4) is 0 Å². The number of nitrogens with one attached hydrogen (secondary N) is 1. The average molecular weight is 543 g/mol. The predicted octanol–water partition coefficient (Wildman–Crippen LogP) is 1.57. The maximum absolute atomic E-state index is 13.5. The van der Waals surface area contributed by atoms with Gasteiger partial charge in [-0.2, -0.15) is 9.04 Å². The molecular formula is C25H26N4O8S. The lowest BCUT2D eigenvalue weighted by Crippen LogP contribution is -2.53. The summed E-state index contributed by atoms with van der Waals surface area (Å²) in [6.07, 6.45) is 1.22. The first-order valence-corrected chi connectivity index (χ1v) is 13.6. The summed E-state index contributed by atoms with van der Waals surface area (Å²) >= 11 is 0. The minimum Gasteiger partial charge on any atom is -0.618 e. The van der Waals surface area contributed by atoms with Gasteiger partial charge in [0.25, 0.3) is 5.95 Å². The van der Waals surface area contributed by atoms with E-state index in [-0.39, 0.29) is 30.1 Å². The number of amides is 2. The topological polar surface area (TPSA) is 153 Å². The van der Waals surface area contributed by atoms with Gasteiger partial charge in [-0.3, -0.25) is 9.59 Å². The number of pyridine rings is 1. The van der Waals surface area contributed by atoms with Crippen LogP contribution in [0.15, 0.2) is 64.2 Å². The Bertz CT molecular complexity index is 1470. The van der Waals surface area contributed by atoms with Gasteiger partial charge in [0.1, 0.15) is 17.7 Å². The summed E-state index contributed by atoms with van der Waals surface area (Å²) in [4.78, 5) is 40.4. The van der Waals surface area contributed by atoms with Crippen molar-refractivity contribution in [3.8, 4) is 5.95 Å². The molecule has 0 bridgehead atoms. The molecule has 2 fully saturated rings. The SMILES string of the molecule is CCCC(NC(=O)Oc1cc2ccccc2o1)C(=O)N1CCC2C1C(=O)CN2S(=O)(=O)c1cccc[n+]1[O-]. The van der Waals surface area contributed by atoms with Gasteiger partial charge in [0.2, 0.25) is 5.91 Å². The number of carbonyl (C=O) groups is 3. The zero-order valence-electron chi connectivity index (χ0n) is 20.5. The van der Waals surface area contributed by atoms with E-state index < -0.39 is 57.5 Å². The van der Waals surface area contributed by atoms with Gasteiger partial charge in [-0.1, -0.05) is 31.5 Å². The smallest absolute Gasteiger partial charge is 0.415 e. The van der Waals surface area contributed by atoms with Gasteiger partial charge in [0, 0.05) is 30.1 Å². The van der Waals surface area contributed by atoms with Crippen LogP contribution in [-0.2, 0) is 19.6 Å². The molecule has 12 nitrogen and oxygen atoms in total. The third kappa shape index (κ3) is 4.58. The van der Waals surface area contributed by atoms with E-state index in [4.69, 9.17) is 9.15 Å². The Labute approximate surface area is 218 Å². The first kappa shape index (κ1) is 25.7. The summed E-state index contributed by atoms with van der Waals surface area (Å²) in [5, 5.41) is 14.9. The number of nitrogens with zero attached hydrogens (tertiary/aromatic N) is 3. The van der Waals surface area contributed by atoms with Gasteiger partial charge in [-0.05, 0) is 25.0 Å². The second-order valence-electron chi connectivity index (χ2n) is 9.19. The van der Waals surface area contributed by atoms with Crippen molar-refractivity contribution in [3.63, 3.8) is 0 Å². The monoisotopic (exact) mass is 542 g/mol. The van der Waals surface area contributed by atoms with Crippen LogP contribution in [0.1, 0.15) is 26.2 Å². The Morgan fingerprint density at radius 1 is 1.24 bits per heavy atom. The zero-order chi connectivity index (χ0) is 27.0. The molecule has 3 atom stereocenters. The average Bonchev–Trinajstić information content (AvgIpc) is 3.58. The van der Waals surface area contributed by atoms with Crippen molar-refractivity contribution in [2.75, 3.05) is 13.1 Å². The molecular weight excluding hydrogens is 516 g/mol. The molecule has 13 heteroatoms. The molecule has 1 aromatic carbocycles. The molecule has 1 N–H and O–H groups in total. The van der Waals surface area contributed by atoms with E-state index in [1.165, 1.54) is 23.1 Å². The molecule has 5 rings (SSSR count). The zero-order valence-corrected chi connectivity index (χ0v) is 21.3. The van der Waals surface area contributed by atoms with Crippen LogP contribution in [-0.4, -0.2) is 66.6 Å². The van der Waals surface area contributed by atoms with Crippen molar-refractivity contribution in [1.29, 1.82) is 0 Å². The number of sulfonamides is 1. The molecule has 3 unspecified atom stereocenters. The minimum atomic E-state index is -4.28. The van der Waals surface area contributed by atoms with Crippen molar-refractivity contribution in [3.05, 3.63) is 59.9 Å². The molecule has 2 amide bonds. The number of benzene rings is 1. The van der Waals surface area contributed by atoms with Gasteiger partial charge < -0.3 is 24.6 Å². The number of ketones is 1. The maximum Gasteiger partial charge on any atom is 0.415 e. The summed E-state index contributed by atoms with van der Waals surface area (Å²) < 4.78 is 38.4. The minimum absolute atomic E-state index is 0.0315. The Balaban J connectivity index is 1.30. The molecule has 0 spiro atoms. The highest BCUT2D eigenvalue weighted by Gasteiger charge is 2.55. The number of ether oxygens (including phenoxy) is 1. The fourth-order valence-electron chi connectivity index (χ4n) is 5.09. The van der Waals surface area contributed by atoms with Crippen LogP contribution in [0.4, 0.5) is 4.79 Å². The van der Waals surface area contributed by atoms with Gasteiger partial charge in [-0.15, -0.1) is 0 Å². The number of para-hydroxylation sites is 1. The molecule has 4 heterocycles. The van der Waals surface area contributed by atoms with E-state index in [1.54, 1.807) is 24.3 Å². The van der Waals surface area contributed by atoms with Crippen LogP contribution in [0.2, 0.25) is 0 Å². The van der Waals surface area contributed by atoms with Crippen molar-refractivity contribution < 1.29 is 36.7 Å². The Kier molecular flexibility index (Phi) is 6.80. The van der Waals surface area contributed by atoms with Crippen molar-refractivity contribution in [2.45, 2.75) is 49.3 Å². The molecule has 0 saturated carbocycles. The highest BCUT2D eigenvalue weighted by atomic mass is 32.2. The van der Waals surface area contributed by atoms with Crippen molar-refractivity contribution in [1.82, 2.24) is 14.5 Å². The Morgan fingerprint density at radius 3 is 2.74 bits per heavy atom. The molecule has 2 saturated heterocycles. The van der Waals surface area contributed by atoms with Crippen molar-refractivity contribution >= 4 is 38.8 Å². The van der Waals surface area contributed by atoms with Crippen LogP contribution in [0.5, 0.6) is 5.95 Å². The number of rotatable bonds is 7. The number of likely N-dealkylation sites (tertiary alicyclic amines) is 1. The van der Waals surface area contributed by atoms with Crippen LogP contribution in [0.25, 0.3) is 11.0 Å². The summed E-state index contributed by atoms with van der Waals surface area (Å²) in [7, 11) is -4.28. The summed E-state index contributed by atoms with van der Waals surface area (Å²) in [6.45, 7) is 1.52. The number of hydrogen-bond donors (Lipinski definition) is 1. The van der Waals surface area contributed by atoms with E-state index in [0.29, 0.717) is 12.0 Å². The number of hydrogen-bond acceptors (Lipinski definition) is 8. The van der Waals surface area contributed by atoms with E-state index in [1.807, 2.05) is 13.0 Å². The third-order valence-corrected chi connectivity index (χ3v) is 8.65. The molecule has 2 aliphatic heterocycles. The summed E-state index contributed by atoms with van der Waals surface area (Å²) in [5.41, 5.74) is 0.539. The van der Waals surface area contributed by atoms with E-state index in [2.05, 4.69) is 5.32 Å². The van der Waals surface area contributed by atoms with Crippen LogP contribution in [0, 0.1) is 5.21 Å². The van der Waals surface area contributed by atoms with E-state index in [9.17, 15) is 28.0 Å². The quantitative estimate of drug-likeness (QED) is 0.349. The second kappa shape index (κ2) is 10.1. The fourth-order valence-corrected chi connectivity index (χ4v) is 6.74. The predicted molar refractivity (Wildman–Crippen MR) is 132 cm³/mol. The third-order valence-electron chi connectivity index (χ3n) is 6.79. The van der Waals surface area contributed by atoms with E-state index in [0.717, 1.165) is 15.9 Å². The Morgan fingerprint density at radius 2 is 2.00 bits per heavy atom. The highest BCUT2D eigenvalue weighted by molar-refractivity contribution is 7.89. The maximum atomic E-state index is 13.5. The largest absolute Gasteiger partial charge is 0.618 e. The normalized spacial score (nSPS) is 20.4. The van der Waals surface area contributed by atoms with Crippen LogP contribution < -0.4 is 14.8 Å². The van der Waals surface area contributed by atoms with Gasteiger partial charge in [-0.25, -0.2) is 13.2 Å². The molecule has 38 heavy (non-hydrogen) atoms. The lowest BCUT2D eigenvalue weighted by Gasteiger charge is -2.27. The number of fused-ring (bicyclic) bond motifs is 2. The Hall–Kier alpha value is -3.97.